The van der Waals surface area contributed by atoms with Crippen LogP contribution in [-0.4, -0.2) is 22.8 Å². The predicted octanol–water partition coefficient (Wildman–Crippen LogP) is 3.25. The Labute approximate surface area is 112 Å². The van der Waals surface area contributed by atoms with Crippen molar-refractivity contribution in [2.45, 2.75) is 32.7 Å². The molecule has 2 rings (SSSR count). The molecule has 4 heteroatoms. The van der Waals surface area contributed by atoms with Crippen LogP contribution < -0.4 is 4.74 Å². The number of carboxylic acids is 1. The summed E-state index contributed by atoms with van der Waals surface area (Å²) in [5, 5.41) is 9.89. The summed E-state index contributed by atoms with van der Waals surface area (Å²) in [5.41, 5.74) is 2.13. The van der Waals surface area contributed by atoms with Crippen LogP contribution in [0.5, 0.6) is 5.75 Å². The van der Waals surface area contributed by atoms with Gasteiger partial charge in [0.15, 0.2) is 0 Å². The maximum Gasteiger partial charge on any atom is 0.303 e. The van der Waals surface area contributed by atoms with Crippen molar-refractivity contribution < 1.29 is 14.6 Å². The lowest BCUT2D eigenvalue weighted by Gasteiger charge is -2.14. The Morgan fingerprint density at radius 2 is 2.16 bits per heavy atom. The first kappa shape index (κ1) is 13.5. The van der Waals surface area contributed by atoms with E-state index in [2.05, 4.69) is 18.4 Å². The quantitative estimate of drug-likeness (QED) is 0.898. The number of aryl methyl sites for hydroxylation is 1. The number of ether oxygens (including phenoxy) is 1. The molecule has 0 saturated heterocycles. The summed E-state index contributed by atoms with van der Waals surface area (Å²) >= 11 is 0. The zero-order chi connectivity index (χ0) is 14.0. The zero-order valence-electron chi connectivity index (χ0n) is 11.5. The molecule has 0 fully saturated rings. The molecule has 0 atom stereocenters. The molecule has 0 radical (unpaired) electrons. The number of carboxylic acid groups (broad SMARTS) is 1. The second-order valence-electron chi connectivity index (χ2n) is 4.89. The SMILES string of the molecule is COc1cccc2c1cc(CCC(=O)O)n2C(C)C. The van der Waals surface area contributed by atoms with Crippen LogP contribution in [0.2, 0.25) is 0 Å². The van der Waals surface area contributed by atoms with E-state index in [1.54, 1.807) is 7.11 Å². The first-order valence-electron chi connectivity index (χ1n) is 6.43. The van der Waals surface area contributed by atoms with Gasteiger partial charge in [-0.15, -0.1) is 0 Å². The van der Waals surface area contributed by atoms with Gasteiger partial charge in [0.2, 0.25) is 0 Å². The highest BCUT2D eigenvalue weighted by molar-refractivity contribution is 5.87. The molecule has 0 aliphatic rings. The number of aromatic nitrogens is 1. The van der Waals surface area contributed by atoms with Gasteiger partial charge in [0.25, 0.3) is 0 Å². The molecular formula is C15H19NO3. The van der Waals surface area contributed by atoms with Crippen LogP contribution in [0.4, 0.5) is 0 Å². The summed E-state index contributed by atoms with van der Waals surface area (Å²) in [5.74, 6) is 0.0565. The topological polar surface area (TPSA) is 51.5 Å². The Morgan fingerprint density at radius 1 is 1.42 bits per heavy atom. The van der Waals surface area contributed by atoms with Gasteiger partial charge in [-0.05, 0) is 38.5 Å². The van der Waals surface area contributed by atoms with E-state index in [-0.39, 0.29) is 12.5 Å². The summed E-state index contributed by atoms with van der Waals surface area (Å²) in [6.07, 6.45) is 0.677. The zero-order valence-corrected chi connectivity index (χ0v) is 11.5. The van der Waals surface area contributed by atoms with Gasteiger partial charge in [-0.3, -0.25) is 4.79 Å². The highest BCUT2D eigenvalue weighted by atomic mass is 16.5. The highest BCUT2D eigenvalue weighted by Crippen LogP contribution is 2.31. The van der Waals surface area contributed by atoms with E-state index in [0.717, 1.165) is 22.3 Å². The summed E-state index contributed by atoms with van der Waals surface area (Å²) in [6, 6.07) is 8.25. The number of fused-ring (bicyclic) bond motifs is 1. The largest absolute Gasteiger partial charge is 0.496 e. The molecule has 2 aromatic rings. The molecule has 1 aromatic heterocycles. The summed E-state index contributed by atoms with van der Waals surface area (Å²) in [4.78, 5) is 10.8. The van der Waals surface area contributed by atoms with Gasteiger partial charge >= 0.3 is 5.97 Å². The van der Waals surface area contributed by atoms with Crippen molar-refractivity contribution in [1.82, 2.24) is 4.57 Å². The Bertz CT molecular complexity index is 599. The number of carbonyl (C=O) groups is 1. The Morgan fingerprint density at radius 3 is 2.74 bits per heavy atom. The Hall–Kier alpha value is -1.97. The van der Waals surface area contributed by atoms with E-state index in [1.807, 2.05) is 24.3 Å². The van der Waals surface area contributed by atoms with E-state index < -0.39 is 5.97 Å². The third kappa shape index (κ3) is 2.57. The number of rotatable bonds is 5. The van der Waals surface area contributed by atoms with Gasteiger partial charge in [0.1, 0.15) is 5.75 Å². The third-order valence-corrected chi connectivity index (χ3v) is 3.25. The smallest absolute Gasteiger partial charge is 0.303 e. The molecule has 0 bridgehead atoms. The number of nitrogens with zero attached hydrogens (tertiary/aromatic N) is 1. The minimum Gasteiger partial charge on any atom is -0.496 e. The summed E-state index contributed by atoms with van der Waals surface area (Å²) in [6.45, 7) is 4.20. The Balaban J connectivity index is 2.56. The molecule has 0 saturated carbocycles. The number of aliphatic carboxylic acids is 1. The fourth-order valence-electron chi connectivity index (χ4n) is 2.49. The lowest BCUT2D eigenvalue weighted by atomic mass is 10.2. The van der Waals surface area contributed by atoms with Crippen molar-refractivity contribution in [2.75, 3.05) is 7.11 Å². The molecular weight excluding hydrogens is 242 g/mol. The monoisotopic (exact) mass is 261 g/mol. The van der Waals surface area contributed by atoms with Gasteiger partial charge in [0.05, 0.1) is 19.0 Å². The second-order valence-corrected chi connectivity index (χ2v) is 4.89. The van der Waals surface area contributed by atoms with E-state index in [9.17, 15) is 4.79 Å². The average molecular weight is 261 g/mol. The van der Waals surface area contributed by atoms with Gasteiger partial charge in [-0.1, -0.05) is 6.07 Å². The predicted molar refractivity (Wildman–Crippen MR) is 74.8 cm³/mol. The molecule has 19 heavy (non-hydrogen) atoms. The molecule has 1 aromatic carbocycles. The van der Waals surface area contributed by atoms with E-state index in [0.29, 0.717) is 6.42 Å². The average Bonchev–Trinajstić information content (AvgIpc) is 2.74. The molecule has 1 heterocycles. The second kappa shape index (κ2) is 5.34. The lowest BCUT2D eigenvalue weighted by molar-refractivity contribution is -0.136. The van der Waals surface area contributed by atoms with Crippen LogP contribution in [0.1, 0.15) is 32.0 Å². The van der Waals surface area contributed by atoms with Crippen molar-refractivity contribution in [2.24, 2.45) is 0 Å². The van der Waals surface area contributed by atoms with Crippen molar-refractivity contribution in [3.05, 3.63) is 30.0 Å². The highest BCUT2D eigenvalue weighted by Gasteiger charge is 2.14. The van der Waals surface area contributed by atoms with Crippen LogP contribution in [0.3, 0.4) is 0 Å². The van der Waals surface area contributed by atoms with Crippen LogP contribution in [0.15, 0.2) is 24.3 Å². The minimum absolute atomic E-state index is 0.144. The molecule has 1 N–H and O–H groups in total. The van der Waals surface area contributed by atoms with Crippen molar-refractivity contribution in [3.8, 4) is 5.75 Å². The maximum atomic E-state index is 10.8. The van der Waals surface area contributed by atoms with Crippen LogP contribution in [0, 0.1) is 0 Å². The van der Waals surface area contributed by atoms with Crippen LogP contribution in [-0.2, 0) is 11.2 Å². The third-order valence-electron chi connectivity index (χ3n) is 3.25. The first-order valence-corrected chi connectivity index (χ1v) is 6.43. The number of benzene rings is 1. The molecule has 0 amide bonds. The Kier molecular flexibility index (Phi) is 3.79. The summed E-state index contributed by atoms with van der Waals surface area (Å²) in [7, 11) is 1.65. The van der Waals surface area contributed by atoms with Crippen molar-refractivity contribution in [1.29, 1.82) is 0 Å². The summed E-state index contributed by atoms with van der Waals surface area (Å²) < 4.78 is 7.55. The molecule has 0 aliphatic carbocycles. The number of hydrogen-bond donors (Lipinski definition) is 1. The lowest BCUT2D eigenvalue weighted by Crippen LogP contribution is -2.07. The van der Waals surface area contributed by atoms with Gasteiger partial charge in [-0.2, -0.15) is 0 Å². The van der Waals surface area contributed by atoms with Crippen LogP contribution >= 0.6 is 0 Å². The van der Waals surface area contributed by atoms with Crippen molar-refractivity contribution in [3.63, 3.8) is 0 Å². The minimum atomic E-state index is -0.771. The van der Waals surface area contributed by atoms with E-state index >= 15 is 0 Å². The molecule has 4 nitrogen and oxygen atoms in total. The van der Waals surface area contributed by atoms with Crippen molar-refractivity contribution >= 4 is 16.9 Å². The normalized spacial score (nSPS) is 11.2. The van der Waals surface area contributed by atoms with E-state index in [1.165, 1.54) is 0 Å². The number of methoxy groups -OCH3 is 1. The molecule has 0 unspecified atom stereocenters. The first-order chi connectivity index (χ1) is 9.04. The fourth-order valence-corrected chi connectivity index (χ4v) is 2.49. The fraction of sp³-hybridized carbons (Fsp3) is 0.400. The maximum absolute atomic E-state index is 10.8. The standard InChI is InChI=1S/C15H19NO3/c1-10(2)16-11(7-8-15(17)18)9-12-13(16)5-4-6-14(12)19-3/h4-6,9-10H,7-8H2,1-3H3,(H,17,18). The van der Waals surface area contributed by atoms with Gasteiger partial charge in [-0.25, -0.2) is 0 Å². The van der Waals surface area contributed by atoms with Gasteiger partial charge in [0, 0.05) is 17.1 Å². The number of hydrogen-bond acceptors (Lipinski definition) is 2. The molecule has 0 aliphatic heterocycles. The van der Waals surface area contributed by atoms with Crippen LogP contribution in [0.25, 0.3) is 10.9 Å². The molecule has 0 spiro atoms. The van der Waals surface area contributed by atoms with E-state index in [4.69, 9.17) is 9.84 Å². The molecule has 102 valence electrons. The van der Waals surface area contributed by atoms with Gasteiger partial charge < -0.3 is 14.4 Å².